The first-order valence-electron chi connectivity index (χ1n) is 22.1. The number of fused-ring (bicyclic) bond motifs is 2. The summed E-state index contributed by atoms with van der Waals surface area (Å²) in [6.07, 6.45) is 9.93. The maximum Gasteiger partial charge on any atom is 0.319 e. The molecule has 3 aliphatic rings. The molecular formula is C50H51Cl2N9O5. The van der Waals surface area contributed by atoms with Crippen LogP contribution in [0.15, 0.2) is 85.2 Å². The van der Waals surface area contributed by atoms with E-state index in [9.17, 15) is 15.3 Å². The number of nitriles is 2. The smallest absolute Gasteiger partial charge is 0.319 e. The van der Waals surface area contributed by atoms with E-state index in [0.717, 1.165) is 63.7 Å². The zero-order chi connectivity index (χ0) is 46.2. The van der Waals surface area contributed by atoms with Gasteiger partial charge in [0.05, 0.1) is 56.8 Å². The lowest BCUT2D eigenvalue weighted by atomic mass is 9.99. The topological polar surface area (TPSA) is 184 Å². The van der Waals surface area contributed by atoms with Gasteiger partial charge in [0.2, 0.25) is 0 Å². The maximum atomic E-state index is 12.0. The Hall–Kier alpha value is -6.55. The Morgan fingerprint density at radius 3 is 1.70 bits per heavy atom. The van der Waals surface area contributed by atoms with Crippen molar-refractivity contribution in [2.75, 3.05) is 64.5 Å². The largest absolute Gasteiger partial charge is 0.492 e. The molecule has 2 atom stereocenters. The van der Waals surface area contributed by atoms with Crippen LogP contribution in [-0.2, 0) is 0 Å². The van der Waals surface area contributed by atoms with Crippen molar-refractivity contribution in [3.63, 3.8) is 0 Å². The van der Waals surface area contributed by atoms with Gasteiger partial charge in [0.25, 0.3) is 0 Å². The minimum Gasteiger partial charge on any atom is -0.492 e. The Morgan fingerprint density at radius 1 is 0.712 bits per heavy atom. The second-order valence-corrected chi connectivity index (χ2v) is 18.0. The van der Waals surface area contributed by atoms with Crippen molar-refractivity contribution in [2.45, 2.75) is 44.6 Å². The molecule has 0 spiro atoms. The predicted molar refractivity (Wildman–Crippen MR) is 257 cm³/mol. The van der Waals surface area contributed by atoms with E-state index in [0.29, 0.717) is 109 Å². The lowest BCUT2D eigenvalue weighted by molar-refractivity contribution is 0.150. The third kappa shape index (κ3) is 11.8. The number of aromatic nitrogens is 2. The van der Waals surface area contributed by atoms with Gasteiger partial charge in [0, 0.05) is 78.4 Å². The average Bonchev–Trinajstić information content (AvgIpc) is 4.13. The van der Waals surface area contributed by atoms with Crippen LogP contribution in [0.25, 0.3) is 21.8 Å². The summed E-state index contributed by atoms with van der Waals surface area (Å²) in [5.74, 6) is 4.17. The lowest BCUT2D eigenvalue weighted by Gasteiger charge is -2.29. The van der Waals surface area contributed by atoms with E-state index < -0.39 is 0 Å². The number of nitrogens with one attached hydrogen (secondary N) is 2. The number of halogens is 2. The number of carbonyl (C=O) groups excluding carboxylic acids is 1. The summed E-state index contributed by atoms with van der Waals surface area (Å²) in [5.41, 5.74) is 9.01. The van der Waals surface area contributed by atoms with Gasteiger partial charge in [-0.2, -0.15) is 10.5 Å². The fourth-order valence-corrected chi connectivity index (χ4v) is 8.57. The highest BCUT2D eigenvalue weighted by atomic mass is 35.5. The summed E-state index contributed by atoms with van der Waals surface area (Å²) in [7, 11) is 4.25. The van der Waals surface area contributed by atoms with Crippen molar-refractivity contribution in [3.05, 3.63) is 106 Å². The minimum absolute atomic E-state index is 0.254. The summed E-state index contributed by atoms with van der Waals surface area (Å²) in [4.78, 5) is 25.5. The number of nitrogens with two attached hydrogens (primary N) is 1. The third-order valence-electron chi connectivity index (χ3n) is 11.8. The first-order valence-corrected chi connectivity index (χ1v) is 22.8. The Morgan fingerprint density at radius 2 is 1.23 bits per heavy atom. The van der Waals surface area contributed by atoms with E-state index in [2.05, 4.69) is 56.6 Å². The number of nitrogen functional groups attached to an aromatic ring is 1. The van der Waals surface area contributed by atoms with Gasteiger partial charge in [-0.25, -0.2) is 4.79 Å². The summed E-state index contributed by atoms with van der Waals surface area (Å²) in [6.45, 7) is 5.40. The summed E-state index contributed by atoms with van der Waals surface area (Å²) >= 11 is 12.5. The number of likely N-dealkylation sites (tertiary alicyclic amines) is 2. The molecule has 2 amide bonds. The highest BCUT2D eigenvalue weighted by Crippen LogP contribution is 2.37. The number of ether oxygens (including phenoxy) is 4. The van der Waals surface area contributed by atoms with E-state index in [1.807, 2.05) is 6.07 Å². The highest BCUT2D eigenvalue weighted by molar-refractivity contribution is 6.34. The molecule has 6 aromatic rings. The SMILES string of the molecule is CN1CCCC(COc2cc3nccc(Oc4ccc(N)c(Cl)c4)c3cc2C#N)C1.CN1CCCC(COc2cc3nccc(Oc4ccc(NC(=O)NC5CC5)c(Cl)c4)c3cc2C#N)C1. The van der Waals surface area contributed by atoms with Gasteiger partial charge < -0.3 is 45.1 Å². The van der Waals surface area contributed by atoms with Crippen LogP contribution < -0.4 is 35.3 Å². The van der Waals surface area contributed by atoms with E-state index in [1.165, 1.54) is 6.42 Å². The number of hydrogen-bond acceptors (Lipinski definition) is 12. The number of urea groups is 1. The van der Waals surface area contributed by atoms with Crippen LogP contribution in [0.5, 0.6) is 34.5 Å². The molecular weight excluding hydrogens is 878 g/mol. The van der Waals surface area contributed by atoms with Gasteiger partial charge in [0.15, 0.2) is 0 Å². The van der Waals surface area contributed by atoms with Crippen molar-refractivity contribution in [2.24, 2.45) is 11.8 Å². The molecule has 2 aliphatic heterocycles. The van der Waals surface area contributed by atoms with Gasteiger partial charge >= 0.3 is 6.03 Å². The summed E-state index contributed by atoms with van der Waals surface area (Å²) < 4.78 is 24.2. The molecule has 14 nitrogen and oxygen atoms in total. The third-order valence-corrected chi connectivity index (χ3v) is 12.4. The molecule has 340 valence electrons. The lowest BCUT2D eigenvalue weighted by Crippen LogP contribution is -2.34. The quantitative estimate of drug-likeness (QED) is 0.0989. The first-order chi connectivity index (χ1) is 32.0. The molecule has 4 N–H and O–H groups in total. The molecule has 9 rings (SSSR count). The van der Waals surface area contributed by atoms with Crippen LogP contribution in [-0.4, -0.2) is 85.3 Å². The number of carbonyl (C=O) groups is 1. The fraction of sp³-hybridized carbons (Fsp3) is 0.340. The molecule has 1 saturated carbocycles. The van der Waals surface area contributed by atoms with Crippen LogP contribution >= 0.6 is 23.2 Å². The van der Waals surface area contributed by atoms with E-state index >= 15 is 0 Å². The molecule has 16 heteroatoms. The maximum absolute atomic E-state index is 12.0. The second-order valence-electron chi connectivity index (χ2n) is 17.1. The van der Waals surface area contributed by atoms with Gasteiger partial charge in [-0.05, 0) is 114 Å². The predicted octanol–water partition coefficient (Wildman–Crippen LogP) is 10.4. The zero-order valence-electron chi connectivity index (χ0n) is 36.9. The zero-order valence-corrected chi connectivity index (χ0v) is 38.4. The number of piperidine rings is 2. The van der Waals surface area contributed by atoms with Crippen LogP contribution in [0.4, 0.5) is 16.2 Å². The number of benzene rings is 4. The van der Waals surface area contributed by atoms with Crippen molar-refractivity contribution < 1.29 is 23.7 Å². The summed E-state index contributed by atoms with van der Waals surface area (Å²) in [6, 6.07) is 25.2. The molecule has 3 fully saturated rings. The van der Waals surface area contributed by atoms with E-state index in [-0.39, 0.29) is 12.1 Å². The molecule has 2 aromatic heterocycles. The Bertz CT molecular complexity index is 2810. The van der Waals surface area contributed by atoms with Crippen LogP contribution in [0, 0.1) is 34.5 Å². The first kappa shape index (κ1) is 46.0. The Labute approximate surface area is 394 Å². The van der Waals surface area contributed by atoms with Crippen LogP contribution in [0.1, 0.15) is 49.7 Å². The van der Waals surface area contributed by atoms with Crippen molar-refractivity contribution in [1.82, 2.24) is 25.1 Å². The fourth-order valence-electron chi connectivity index (χ4n) is 8.18. The number of anilines is 2. The van der Waals surface area contributed by atoms with Gasteiger partial charge in [-0.1, -0.05) is 23.2 Å². The Balaban J connectivity index is 0.000000182. The number of amides is 2. The monoisotopic (exact) mass is 927 g/mol. The number of nitrogens with zero attached hydrogens (tertiary/aromatic N) is 6. The van der Waals surface area contributed by atoms with Crippen molar-refractivity contribution in [1.29, 1.82) is 10.5 Å². The van der Waals surface area contributed by atoms with Crippen molar-refractivity contribution in [3.8, 4) is 46.6 Å². The van der Waals surface area contributed by atoms with Gasteiger partial charge in [0.1, 0.15) is 46.6 Å². The molecule has 0 radical (unpaired) electrons. The molecule has 4 heterocycles. The number of pyridine rings is 2. The standard InChI is InChI=1S/C27H28ClN5O3.C23H23ClN4O2/c1-33-10-2-3-17(15-33)16-35-26-13-24-21(11-18(26)14-29)25(8-9-30-24)36-20-6-7-23(22(28)12-20)32-27(34)31-19-4-5-19;1-28-8-2-3-15(13-28)14-29-23-11-21-18(9-16(23)12-25)22(6-7-27-21)30-17-4-5-20(26)19(24)10-17/h6-9,11-13,17,19H,2-5,10,15-16H2,1H3,(H2,31,32,34);4-7,9-11,15H,2-3,8,13-14,26H2,1H3. The van der Waals surface area contributed by atoms with E-state index in [4.69, 9.17) is 47.9 Å². The molecule has 0 bridgehead atoms. The second kappa shape index (κ2) is 21.2. The summed E-state index contributed by atoms with van der Waals surface area (Å²) in [5, 5.41) is 27.3. The number of hydrogen-bond donors (Lipinski definition) is 3. The van der Waals surface area contributed by atoms with Crippen LogP contribution in [0.3, 0.4) is 0 Å². The van der Waals surface area contributed by atoms with Crippen molar-refractivity contribution >= 4 is 62.4 Å². The van der Waals surface area contributed by atoms with Gasteiger partial charge in [-0.3, -0.25) is 9.97 Å². The number of rotatable bonds is 12. The normalized spacial score (nSPS) is 17.4. The molecule has 4 aromatic carbocycles. The van der Waals surface area contributed by atoms with Gasteiger partial charge in [-0.15, -0.1) is 0 Å². The molecule has 2 unspecified atom stereocenters. The van der Waals surface area contributed by atoms with Crippen LogP contribution in [0.2, 0.25) is 10.0 Å². The molecule has 66 heavy (non-hydrogen) atoms. The Kier molecular flexibility index (Phi) is 14.8. The highest BCUT2D eigenvalue weighted by Gasteiger charge is 2.24. The van der Waals surface area contributed by atoms with E-state index in [1.54, 1.807) is 79.1 Å². The minimum atomic E-state index is -0.272. The average molecular weight is 929 g/mol. The molecule has 1 aliphatic carbocycles. The molecule has 2 saturated heterocycles.